The van der Waals surface area contributed by atoms with Crippen molar-refractivity contribution in [2.75, 3.05) is 20.1 Å². The molecule has 0 N–H and O–H groups in total. The molecule has 1 saturated heterocycles. The Morgan fingerprint density at radius 2 is 1.75 bits per heavy atom. The third kappa shape index (κ3) is 3.21. The fourth-order valence-electron chi connectivity index (χ4n) is 1.97. The molecule has 0 saturated carbocycles. The van der Waals surface area contributed by atoms with Crippen LogP contribution in [-0.2, 0) is 4.74 Å². The van der Waals surface area contributed by atoms with Crippen LogP contribution in [0.4, 0.5) is 0 Å². The topological polar surface area (TPSA) is 12.5 Å². The van der Waals surface area contributed by atoms with Crippen molar-refractivity contribution in [1.29, 1.82) is 0 Å². The predicted octanol–water partition coefficient (Wildman–Crippen LogP) is 3.17. The summed E-state index contributed by atoms with van der Waals surface area (Å²) in [6.45, 7) is 8.02. The highest BCUT2D eigenvalue weighted by Crippen LogP contribution is 2.37. The Bertz CT molecular complexity index is 357. The first-order chi connectivity index (χ1) is 8.65. The van der Waals surface area contributed by atoms with Crippen LogP contribution in [0.5, 0.6) is 0 Å². The zero-order valence-electron chi connectivity index (χ0n) is 15.7. The summed E-state index contributed by atoms with van der Waals surface area (Å²) >= 11 is 0. The van der Waals surface area contributed by atoms with Gasteiger partial charge in [-0.3, -0.25) is 4.90 Å². The number of nitrogens with zero attached hydrogens (tertiary/aromatic N) is 1. The first kappa shape index (κ1) is 8.93. The SMILES string of the molecule is [2H]C1([2H])CC(C(C)(C)C)C(OC)C([2H])([2H])N1C(C)(C)C. The van der Waals surface area contributed by atoms with E-state index in [-0.39, 0.29) is 17.8 Å². The molecular formula is C14H29NO. The molecule has 96 valence electrons. The molecule has 0 aliphatic carbocycles. The Morgan fingerprint density at radius 3 is 2.12 bits per heavy atom. The molecule has 1 heterocycles. The van der Waals surface area contributed by atoms with Gasteiger partial charge in [0.2, 0.25) is 0 Å². The fraction of sp³-hybridized carbons (Fsp3) is 1.00. The standard InChI is InChI=1S/C14H29NO/c1-13(2,3)11-8-9-15(14(4,5)6)10-12(11)16-7/h11-12H,8-10H2,1-7H3/i9D2,10D2. The second kappa shape index (κ2) is 4.66. The lowest BCUT2D eigenvalue weighted by Crippen LogP contribution is -2.54. The van der Waals surface area contributed by atoms with Gasteiger partial charge in [0.1, 0.15) is 0 Å². The van der Waals surface area contributed by atoms with E-state index in [0.29, 0.717) is 0 Å². The van der Waals surface area contributed by atoms with E-state index >= 15 is 0 Å². The molecule has 0 aromatic rings. The summed E-state index contributed by atoms with van der Waals surface area (Å²) in [4.78, 5) is 1.34. The van der Waals surface area contributed by atoms with Crippen molar-refractivity contribution in [2.24, 2.45) is 11.3 Å². The predicted molar refractivity (Wildman–Crippen MR) is 69.7 cm³/mol. The minimum atomic E-state index is -1.85. The Hall–Kier alpha value is -0.0800. The van der Waals surface area contributed by atoms with Gasteiger partial charge < -0.3 is 4.74 Å². The summed E-state index contributed by atoms with van der Waals surface area (Å²) in [6.07, 6.45) is -0.378. The Kier molecular flexibility index (Phi) is 2.60. The summed E-state index contributed by atoms with van der Waals surface area (Å²) in [5.74, 6) is -0.184. The van der Waals surface area contributed by atoms with Crippen LogP contribution in [0, 0.1) is 11.3 Å². The zero-order chi connectivity index (χ0) is 16.1. The van der Waals surface area contributed by atoms with Crippen molar-refractivity contribution >= 4 is 0 Å². The smallest absolute Gasteiger partial charge is 0.0731 e. The quantitative estimate of drug-likeness (QED) is 0.687. The molecule has 0 bridgehead atoms. The highest BCUT2D eigenvalue weighted by Gasteiger charge is 2.39. The largest absolute Gasteiger partial charge is 0.380 e. The van der Waals surface area contributed by atoms with Crippen LogP contribution < -0.4 is 0 Å². The van der Waals surface area contributed by atoms with Gasteiger partial charge in [-0.25, -0.2) is 0 Å². The van der Waals surface area contributed by atoms with Crippen molar-refractivity contribution in [2.45, 2.75) is 59.6 Å². The van der Waals surface area contributed by atoms with Crippen LogP contribution in [-0.4, -0.2) is 36.6 Å². The molecule has 16 heavy (non-hydrogen) atoms. The summed E-state index contributed by atoms with van der Waals surface area (Å²) in [7, 11) is 1.52. The highest BCUT2D eigenvalue weighted by atomic mass is 16.5. The van der Waals surface area contributed by atoms with Crippen molar-refractivity contribution in [3.63, 3.8) is 0 Å². The first-order valence-electron chi connectivity index (χ1n) is 7.99. The van der Waals surface area contributed by atoms with Gasteiger partial charge in [0.15, 0.2) is 0 Å². The molecule has 2 unspecified atom stereocenters. The van der Waals surface area contributed by atoms with Gasteiger partial charge in [0.05, 0.1) is 6.10 Å². The Labute approximate surface area is 107 Å². The zero-order valence-corrected chi connectivity index (χ0v) is 11.7. The summed E-state index contributed by atoms with van der Waals surface area (Å²) in [5, 5.41) is 0. The van der Waals surface area contributed by atoms with E-state index in [1.807, 2.05) is 41.5 Å². The van der Waals surface area contributed by atoms with E-state index in [1.54, 1.807) is 0 Å². The normalized spacial score (nSPS) is 39.4. The second-order valence-electron chi connectivity index (χ2n) is 6.63. The molecule has 1 aliphatic rings. The lowest BCUT2D eigenvalue weighted by atomic mass is 9.73. The molecule has 2 atom stereocenters. The molecule has 2 nitrogen and oxygen atoms in total. The minimum absolute atomic E-state index is 0.184. The number of methoxy groups -OCH3 is 1. The van der Waals surface area contributed by atoms with Crippen LogP contribution in [0.3, 0.4) is 0 Å². The maximum Gasteiger partial charge on any atom is 0.0731 e. The fourth-order valence-corrected chi connectivity index (χ4v) is 1.97. The van der Waals surface area contributed by atoms with E-state index in [1.165, 1.54) is 12.0 Å². The average Bonchev–Trinajstić information content (AvgIpc) is 2.09. The minimum Gasteiger partial charge on any atom is -0.380 e. The lowest BCUT2D eigenvalue weighted by Gasteiger charge is -2.48. The maximum atomic E-state index is 8.49. The Balaban J connectivity index is 3.37. The summed E-state index contributed by atoms with van der Waals surface area (Å²) in [5.41, 5.74) is -0.835. The van der Waals surface area contributed by atoms with E-state index in [2.05, 4.69) is 0 Å². The van der Waals surface area contributed by atoms with Crippen LogP contribution in [0.25, 0.3) is 0 Å². The van der Waals surface area contributed by atoms with Gasteiger partial charge in [0, 0.05) is 24.6 Å². The molecule has 0 aromatic carbocycles. The number of piperidine rings is 1. The number of rotatable bonds is 1. The number of hydrogen-bond donors (Lipinski definition) is 0. The number of hydrogen-bond acceptors (Lipinski definition) is 2. The van der Waals surface area contributed by atoms with Crippen molar-refractivity contribution < 1.29 is 10.2 Å². The van der Waals surface area contributed by atoms with Gasteiger partial charge >= 0.3 is 0 Å². The van der Waals surface area contributed by atoms with Crippen LogP contribution in [0.15, 0.2) is 0 Å². The molecule has 0 aromatic heterocycles. The molecule has 0 radical (unpaired) electrons. The maximum absolute atomic E-state index is 8.49. The van der Waals surface area contributed by atoms with Crippen LogP contribution in [0.2, 0.25) is 0 Å². The molecule has 0 amide bonds. The lowest BCUT2D eigenvalue weighted by molar-refractivity contribution is -0.0705. The highest BCUT2D eigenvalue weighted by molar-refractivity contribution is 4.91. The van der Waals surface area contributed by atoms with Gasteiger partial charge in [-0.1, -0.05) is 20.8 Å². The molecule has 1 fully saturated rings. The van der Waals surface area contributed by atoms with Crippen LogP contribution >= 0.6 is 0 Å². The van der Waals surface area contributed by atoms with E-state index < -0.39 is 24.6 Å². The third-order valence-electron chi connectivity index (χ3n) is 3.13. The van der Waals surface area contributed by atoms with E-state index in [9.17, 15) is 0 Å². The summed E-state index contributed by atoms with van der Waals surface area (Å²) < 4.78 is 39.2. The molecule has 1 rings (SSSR count). The first-order valence-corrected chi connectivity index (χ1v) is 5.99. The molecule has 2 heteroatoms. The van der Waals surface area contributed by atoms with Crippen molar-refractivity contribution in [1.82, 2.24) is 4.90 Å². The van der Waals surface area contributed by atoms with Gasteiger partial charge in [-0.2, -0.15) is 0 Å². The molecule has 1 aliphatic heterocycles. The monoisotopic (exact) mass is 231 g/mol. The number of likely N-dealkylation sites (tertiary alicyclic amines) is 1. The van der Waals surface area contributed by atoms with Gasteiger partial charge in [-0.15, -0.1) is 0 Å². The van der Waals surface area contributed by atoms with Crippen molar-refractivity contribution in [3.05, 3.63) is 0 Å². The van der Waals surface area contributed by atoms with E-state index in [4.69, 9.17) is 10.2 Å². The number of ether oxygens (including phenoxy) is 1. The van der Waals surface area contributed by atoms with Crippen LogP contribution in [0.1, 0.15) is 53.4 Å². The van der Waals surface area contributed by atoms with Gasteiger partial charge in [-0.05, 0) is 45.0 Å². The van der Waals surface area contributed by atoms with Crippen molar-refractivity contribution in [3.8, 4) is 0 Å². The molecule has 0 spiro atoms. The second-order valence-corrected chi connectivity index (χ2v) is 6.63. The Morgan fingerprint density at radius 1 is 1.19 bits per heavy atom. The molecular weight excluding hydrogens is 198 g/mol. The average molecular weight is 231 g/mol. The summed E-state index contributed by atoms with van der Waals surface area (Å²) in [6, 6.07) is 0. The van der Waals surface area contributed by atoms with Gasteiger partial charge in [0.25, 0.3) is 0 Å². The third-order valence-corrected chi connectivity index (χ3v) is 3.13. The van der Waals surface area contributed by atoms with E-state index in [0.717, 1.165) is 0 Å².